The highest BCUT2D eigenvalue weighted by molar-refractivity contribution is 8.00. The van der Waals surface area contributed by atoms with E-state index >= 15 is 0 Å². The van der Waals surface area contributed by atoms with Gasteiger partial charge in [-0.05, 0) is 50.1 Å². The molecule has 31 heavy (non-hydrogen) atoms. The van der Waals surface area contributed by atoms with Gasteiger partial charge >= 0.3 is 6.18 Å². The maximum atomic E-state index is 13.3. The van der Waals surface area contributed by atoms with Crippen LogP contribution >= 0.6 is 23.4 Å². The molecule has 6 nitrogen and oxygen atoms in total. The van der Waals surface area contributed by atoms with Gasteiger partial charge in [0.25, 0.3) is 0 Å². The van der Waals surface area contributed by atoms with Crippen LogP contribution in [-0.2, 0) is 17.5 Å². The molecule has 4 rings (SSSR count). The topological polar surface area (TPSA) is 73.0 Å². The number of benzene rings is 1. The average Bonchev–Trinajstić information content (AvgIpc) is 3.28. The number of nitrogens with one attached hydrogen (secondary N) is 1. The van der Waals surface area contributed by atoms with E-state index in [1.54, 1.807) is 19.3 Å². The summed E-state index contributed by atoms with van der Waals surface area (Å²) in [5.74, 6) is 1.28. The Morgan fingerprint density at radius 2 is 2.13 bits per heavy atom. The lowest BCUT2D eigenvalue weighted by molar-refractivity contribution is -0.137. The minimum Gasteiger partial charge on any atom is -0.467 e. The van der Waals surface area contributed by atoms with Crippen molar-refractivity contribution < 1.29 is 22.4 Å². The number of aromatic nitrogens is 3. The number of hydrogen-bond donors (Lipinski definition) is 1. The van der Waals surface area contributed by atoms with E-state index < -0.39 is 22.9 Å². The zero-order chi connectivity index (χ0) is 22.2. The number of alkyl halides is 3. The average molecular weight is 471 g/mol. The highest BCUT2D eigenvalue weighted by Crippen LogP contribution is 2.41. The lowest BCUT2D eigenvalue weighted by Crippen LogP contribution is -2.24. The number of nitrogens with zero attached hydrogens (tertiary/aromatic N) is 3. The van der Waals surface area contributed by atoms with Crippen LogP contribution in [0.3, 0.4) is 0 Å². The van der Waals surface area contributed by atoms with E-state index in [1.807, 2.05) is 10.6 Å². The molecule has 1 N–H and O–H groups in total. The Hall–Kier alpha value is -2.46. The summed E-state index contributed by atoms with van der Waals surface area (Å²) in [7, 11) is 0. The Labute approximate surface area is 185 Å². The summed E-state index contributed by atoms with van der Waals surface area (Å²) in [6.07, 6.45) is -1.03. The van der Waals surface area contributed by atoms with Crippen LogP contribution in [0.2, 0.25) is 5.02 Å². The summed E-state index contributed by atoms with van der Waals surface area (Å²) < 4.78 is 47.2. The Kier molecular flexibility index (Phi) is 6.02. The van der Waals surface area contributed by atoms with Gasteiger partial charge in [0.2, 0.25) is 5.91 Å². The second-order valence-corrected chi connectivity index (χ2v) is 8.96. The third-order valence-corrected chi connectivity index (χ3v) is 6.09. The van der Waals surface area contributed by atoms with Crippen molar-refractivity contribution in [1.29, 1.82) is 0 Å². The minimum absolute atomic E-state index is 0.0635. The maximum absolute atomic E-state index is 13.3. The molecule has 1 aliphatic carbocycles. The van der Waals surface area contributed by atoms with E-state index in [4.69, 9.17) is 16.0 Å². The summed E-state index contributed by atoms with van der Waals surface area (Å²) >= 11 is 6.83. The molecule has 1 atom stereocenters. The predicted molar refractivity (Wildman–Crippen MR) is 110 cm³/mol. The summed E-state index contributed by atoms with van der Waals surface area (Å²) in [6.45, 7) is 2.02. The molecule has 1 aromatic carbocycles. The molecule has 1 saturated carbocycles. The molecule has 11 heteroatoms. The monoisotopic (exact) mass is 470 g/mol. The minimum atomic E-state index is -4.65. The molecular weight excluding hydrogens is 453 g/mol. The van der Waals surface area contributed by atoms with E-state index in [0.717, 1.165) is 48.3 Å². The summed E-state index contributed by atoms with van der Waals surface area (Å²) in [6, 6.07) is 6.85. The van der Waals surface area contributed by atoms with Crippen LogP contribution in [0.25, 0.3) is 0 Å². The fraction of sp³-hybridized carbons (Fsp3) is 0.350. The van der Waals surface area contributed by atoms with Gasteiger partial charge in [0.15, 0.2) is 5.16 Å². The van der Waals surface area contributed by atoms with E-state index in [0.29, 0.717) is 17.6 Å². The third-order valence-electron chi connectivity index (χ3n) is 4.78. The SMILES string of the molecule is CC(Sc1nnc(C2CC2)n1Cc1ccco1)C(=O)Nc1ccc(Cl)cc1C(F)(F)F. The first-order valence-corrected chi connectivity index (χ1v) is 10.8. The predicted octanol–water partition coefficient (Wildman–Crippen LogP) is 5.59. The van der Waals surface area contributed by atoms with Gasteiger partial charge in [0, 0.05) is 10.9 Å². The molecule has 1 fully saturated rings. The van der Waals surface area contributed by atoms with Crippen LogP contribution < -0.4 is 5.32 Å². The summed E-state index contributed by atoms with van der Waals surface area (Å²) in [4.78, 5) is 12.7. The first-order valence-electron chi connectivity index (χ1n) is 9.52. The third kappa shape index (κ3) is 5.07. The number of anilines is 1. The number of hydrogen-bond acceptors (Lipinski definition) is 5. The number of furan rings is 1. The molecule has 3 aromatic rings. The van der Waals surface area contributed by atoms with Crippen LogP contribution in [0.1, 0.15) is 42.8 Å². The number of carbonyl (C=O) groups is 1. The zero-order valence-corrected chi connectivity index (χ0v) is 17.9. The maximum Gasteiger partial charge on any atom is 0.418 e. The van der Waals surface area contributed by atoms with Crippen molar-refractivity contribution in [3.05, 3.63) is 58.8 Å². The lowest BCUT2D eigenvalue weighted by Gasteiger charge is -2.17. The first-order chi connectivity index (χ1) is 14.7. The zero-order valence-electron chi connectivity index (χ0n) is 16.3. The first kappa shape index (κ1) is 21.8. The highest BCUT2D eigenvalue weighted by atomic mass is 35.5. The molecule has 1 aliphatic rings. The number of amides is 1. The molecule has 0 saturated heterocycles. The molecule has 0 bridgehead atoms. The Balaban J connectivity index is 1.51. The van der Waals surface area contributed by atoms with Gasteiger partial charge < -0.3 is 9.73 Å². The van der Waals surface area contributed by atoms with Crippen molar-refractivity contribution in [1.82, 2.24) is 14.8 Å². The normalized spacial score (nSPS) is 15.1. The molecular formula is C20H18ClF3N4O2S. The van der Waals surface area contributed by atoms with Crippen molar-refractivity contribution in [2.45, 2.75) is 48.8 Å². The molecule has 2 aromatic heterocycles. The van der Waals surface area contributed by atoms with Gasteiger partial charge in [0.1, 0.15) is 11.6 Å². The summed E-state index contributed by atoms with van der Waals surface area (Å²) in [5, 5.41) is 10.6. The molecule has 2 heterocycles. The second-order valence-electron chi connectivity index (χ2n) is 7.22. The molecule has 0 radical (unpaired) electrons. The fourth-order valence-electron chi connectivity index (χ4n) is 3.04. The highest BCUT2D eigenvalue weighted by Gasteiger charge is 2.35. The molecule has 164 valence electrons. The van der Waals surface area contributed by atoms with Crippen molar-refractivity contribution in [2.75, 3.05) is 5.32 Å². The van der Waals surface area contributed by atoms with Gasteiger partial charge in [-0.3, -0.25) is 9.36 Å². The van der Waals surface area contributed by atoms with Crippen LogP contribution in [0.15, 0.2) is 46.2 Å². The Morgan fingerprint density at radius 3 is 2.77 bits per heavy atom. The quantitative estimate of drug-likeness (QED) is 0.456. The van der Waals surface area contributed by atoms with Crippen LogP contribution in [0.5, 0.6) is 0 Å². The molecule has 0 spiro atoms. The van der Waals surface area contributed by atoms with Crippen molar-refractivity contribution in [3.8, 4) is 0 Å². The molecule has 1 amide bonds. The standard InChI is InChI=1S/C20H18ClF3N4O2S/c1-11(18(29)25-16-7-6-13(21)9-15(16)20(22,23)24)31-19-27-26-17(12-4-5-12)28(19)10-14-3-2-8-30-14/h2-3,6-9,11-12H,4-5,10H2,1H3,(H,25,29). The fourth-order valence-corrected chi connectivity index (χ4v) is 4.07. The van der Waals surface area contributed by atoms with Crippen LogP contribution in [0, 0.1) is 0 Å². The van der Waals surface area contributed by atoms with Gasteiger partial charge in [-0.1, -0.05) is 23.4 Å². The number of thioether (sulfide) groups is 1. The largest absolute Gasteiger partial charge is 0.467 e. The van der Waals surface area contributed by atoms with E-state index in [1.165, 1.54) is 6.07 Å². The van der Waals surface area contributed by atoms with Gasteiger partial charge in [0.05, 0.1) is 29.3 Å². The number of rotatable bonds is 7. The van der Waals surface area contributed by atoms with Crippen LogP contribution in [0.4, 0.5) is 18.9 Å². The van der Waals surface area contributed by atoms with E-state index in [-0.39, 0.29) is 10.7 Å². The number of halogens is 4. The molecule has 1 unspecified atom stereocenters. The van der Waals surface area contributed by atoms with Gasteiger partial charge in [-0.25, -0.2) is 0 Å². The smallest absolute Gasteiger partial charge is 0.418 e. The van der Waals surface area contributed by atoms with Crippen molar-refractivity contribution in [2.24, 2.45) is 0 Å². The van der Waals surface area contributed by atoms with Crippen LogP contribution in [-0.4, -0.2) is 25.9 Å². The Bertz CT molecular complexity index is 1080. The van der Waals surface area contributed by atoms with Gasteiger partial charge in [-0.2, -0.15) is 13.2 Å². The second kappa shape index (κ2) is 8.58. The van der Waals surface area contributed by atoms with Gasteiger partial charge in [-0.15, -0.1) is 10.2 Å². The molecule has 0 aliphatic heterocycles. The van der Waals surface area contributed by atoms with Crippen molar-refractivity contribution in [3.63, 3.8) is 0 Å². The number of carbonyl (C=O) groups excluding carboxylic acids is 1. The van der Waals surface area contributed by atoms with Crippen molar-refractivity contribution >= 4 is 35.0 Å². The van der Waals surface area contributed by atoms with E-state index in [2.05, 4.69) is 15.5 Å². The summed E-state index contributed by atoms with van der Waals surface area (Å²) in [5.41, 5.74) is -1.34. The Morgan fingerprint density at radius 1 is 1.35 bits per heavy atom. The lowest BCUT2D eigenvalue weighted by atomic mass is 10.1. The van der Waals surface area contributed by atoms with E-state index in [9.17, 15) is 18.0 Å².